The molecule has 0 amide bonds. The summed E-state index contributed by atoms with van der Waals surface area (Å²) in [7, 11) is 0. The summed E-state index contributed by atoms with van der Waals surface area (Å²) in [5.74, 6) is 2.84. The third-order valence-corrected chi connectivity index (χ3v) is 5.30. The summed E-state index contributed by atoms with van der Waals surface area (Å²) in [5, 5.41) is 0. The van der Waals surface area contributed by atoms with Crippen LogP contribution in [-0.4, -0.2) is 5.78 Å². The summed E-state index contributed by atoms with van der Waals surface area (Å²) in [4.78, 5) is 12.7. The predicted octanol–water partition coefficient (Wildman–Crippen LogP) is 3.73. The number of carbonyl (C=O) groups is 1. The fourth-order valence-corrected chi connectivity index (χ4v) is 4.47. The van der Waals surface area contributed by atoms with E-state index < -0.39 is 0 Å². The van der Waals surface area contributed by atoms with E-state index in [0.29, 0.717) is 29.5 Å². The molecule has 0 spiro atoms. The van der Waals surface area contributed by atoms with Crippen molar-refractivity contribution in [2.24, 2.45) is 29.6 Å². The summed E-state index contributed by atoms with van der Waals surface area (Å²) in [6.07, 6.45) is 7.96. The Labute approximate surface area is 114 Å². The number of rotatable bonds is 1. The van der Waals surface area contributed by atoms with Crippen LogP contribution in [0.2, 0.25) is 0 Å². The number of allylic oxidation sites excluding steroid dienone is 3. The van der Waals surface area contributed by atoms with E-state index >= 15 is 0 Å². The van der Waals surface area contributed by atoms with Crippen LogP contribution in [0.4, 0.5) is 0 Å². The highest BCUT2D eigenvalue weighted by atomic mass is 16.1. The fourth-order valence-electron chi connectivity index (χ4n) is 4.47. The molecule has 0 aliphatic heterocycles. The molecule has 1 nitrogen and oxygen atoms in total. The highest BCUT2D eigenvalue weighted by Gasteiger charge is 2.56. The molecule has 4 rings (SSSR count). The van der Waals surface area contributed by atoms with Gasteiger partial charge in [0.25, 0.3) is 0 Å². The Hall–Kier alpha value is -1.63. The Kier molecular flexibility index (Phi) is 2.32. The molecular formula is C18H18O. The molecule has 2 bridgehead atoms. The maximum atomic E-state index is 12.7. The van der Waals surface area contributed by atoms with Crippen molar-refractivity contribution in [2.75, 3.05) is 0 Å². The van der Waals surface area contributed by atoms with E-state index in [1.54, 1.807) is 0 Å². The molecule has 5 atom stereocenters. The van der Waals surface area contributed by atoms with Gasteiger partial charge in [-0.2, -0.15) is 0 Å². The zero-order valence-corrected chi connectivity index (χ0v) is 11.1. The van der Waals surface area contributed by atoms with Crippen LogP contribution in [0, 0.1) is 29.6 Å². The smallest absolute Gasteiger partial charge is 0.163 e. The number of ketones is 1. The van der Waals surface area contributed by atoms with Crippen molar-refractivity contribution in [3.05, 3.63) is 53.6 Å². The first-order chi connectivity index (χ1) is 9.25. The Morgan fingerprint density at radius 3 is 2.58 bits per heavy atom. The predicted molar refractivity (Wildman–Crippen MR) is 76.3 cm³/mol. The zero-order valence-electron chi connectivity index (χ0n) is 11.1. The SMILES string of the molecule is C[C@@H]1/C(=C/c2ccccc2)C(=O)[C@@H]2[C@H]1[C@@H]1C=C[C@H]2C1. The molecule has 2 fully saturated rings. The molecule has 3 aliphatic carbocycles. The number of Topliss-reactive ketones (excluding diaryl/α,β-unsaturated/α-hetero) is 1. The molecule has 0 N–H and O–H groups in total. The molecule has 1 aromatic rings. The molecule has 0 aromatic heterocycles. The van der Waals surface area contributed by atoms with Crippen molar-refractivity contribution in [3.8, 4) is 0 Å². The molecule has 0 radical (unpaired) electrons. The quantitative estimate of drug-likeness (QED) is 0.548. The van der Waals surface area contributed by atoms with Crippen LogP contribution in [0.25, 0.3) is 6.08 Å². The fraction of sp³-hybridized carbons (Fsp3) is 0.389. The van der Waals surface area contributed by atoms with Crippen LogP contribution >= 0.6 is 0 Å². The number of hydrogen-bond donors (Lipinski definition) is 0. The van der Waals surface area contributed by atoms with Crippen LogP contribution in [0.1, 0.15) is 18.9 Å². The maximum absolute atomic E-state index is 12.7. The summed E-state index contributed by atoms with van der Waals surface area (Å²) < 4.78 is 0. The summed E-state index contributed by atoms with van der Waals surface area (Å²) in [6, 6.07) is 10.2. The minimum Gasteiger partial charge on any atom is -0.294 e. The molecule has 96 valence electrons. The largest absolute Gasteiger partial charge is 0.294 e. The van der Waals surface area contributed by atoms with Gasteiger partial charge in [-0.15, -0.1) is 0 Å². The van der Waals surface area contributed by atoms with Crippen molar-refractivity contribution >= 4 is 11.9 Å². The number of benzene rings is 1. The standard InChI is InChI=1S/C18H18O/c1-11-15(9-12-5-3-2-4-6-12)18(19)17-14-8-7-13(10-14)16(11)17/h2-9,11,13-14,16-17H,10H2,1H3/b15-9-/t11-,13-,14+,16-,17+/m1/s1. The Balaban J connectivity index is 1.73. The molecule has 1 aromatic carbocycles. The Bertz CT molecular complexity index is 581. The molecule has 0 heterocycles. The lowest BCUT2D eigenvalue weighted by atomic mass is 9.81. The van der Waals surface area contributed by atoms with Crippen LogP contribution in [0.15, 0.2) is 48.1 Å². The van der Waals surface area contributed by atoms with E-state index in [4.69, 9.17) is 0 Å². The molecule has 1 heteroatoms. The number of hydrogen-bond acceptors (Lipinski definition) is 1. The number of carbonyl (C=O) groups excluding carboxylic acids is 1. The molecule has 3 aliphatic rings. The van der Waals surface area contributed by atoms with Crippen LogP contribution in [-0.2, 0) is 4.79 Å². The third kappa shape index (κ3) is 1.51. The highest BCUT2D eigenvalue weighted by Crippen LogP contribution is 2.57. The second kappa shape index (κ2) is 3.93. The topological polar surface area (TPSA) is 17.1 Å². The Morgan fingerprint density at radius 1 is 1.11 bits per heavy atom. The van der Waals surface area contributed by atoms with Crippen LogP contribution in [0.3, 0.4) is 0 Å². The van der Waals surface area contributed by atoms with Crippen LogP contribution in [0.5, 0.6) is 0 Å². The van der Waals surface area contributed by atoms with E-state index in [2.05, 4.69) is 37.3 Å². The van der Waals surface area contributed by atoms with Crippen molar-refractivity contribution < 1.29 is 4.79 Å². The van der Waals surface area contributed by atoms with E-state index in [1.807, 2.05) is 18.2 Å². The monoisotopic (exact) mass is 250 g/mol. The first-order valence-electron chi connectivity index (χ1n) is 7.25. The average molecular weight is 250 g/mol. The summed E-state index contributed by atoms with van der Waals surface area (Å²) >= 11 is 0. The molecule has 2 saturated carbocycles. The average Bonchev–Trinajstić information content (AvgIpc) is 3.10. The highest BCUT2D eigenvalue weighted by molar-refractivity contribution is 6.04. The first-order valence-corrected chi connectivity index (χ1v) is 7.25. The van der Waals surface area contributed by atoms with Gasteiger partial charge in [0, 0.05) is 5.92 Å². The zero-order chi connectivity index (χ0) is 13.0. The lowest BCUT2D eigenvalue weighted by Crippen LogP contribution is -2.20. The van der Waals surface area contributed by atoms with E-state index in [9.17, 15) is 4.79 Å². The van der Waals surface area contributed by atoms with Gasteiger partial charge in [0.05, 0.1) is 0 Å². The molecule has 0 saturated heterocycles. The van der Waals surface area contributed by atoms with E-state index in [-0.39, 0.29) is 5.92 Å². The van der Waals surface area contributed by atoms with Gasteiger partial charge in [-0.3, -0.25) is 4.79 Å². The summed E-state index contributed by atoms with van der Waals surface area (Å²) in [6.45, 7) is 2.24. The number of fused-ring (bicyclic) bond motifs is 5. The van der Waals surface area contributed by atoms with E-state index in [0.717, 1.165) is 11.1 Å². The van der Waals surface area contributed by atoms with Gasteiger partial charge in [0.1, 0.15) is 0 Å². The van der Waals surface area contributed by atoms with Gasteiger partial charge < -0.3 is 0 Å². The van der Waals surface area contributed by atoms with Crippen molar-refractivity contribution in [3.63, 3.8) is 0 Å². The minimum atomic E-state index is 0.278. The maximum Gasteiger partial charge on any atom is 0.163 e. The van der Waals surface area contributed by atoms with Gasteiger partial charge in [0.2, 0.25) is 0 Å². The van der Waals surface area contributed by atoms with Crippen LogP contribution < -0.4 is 0 Å². The van der Waals surface area contributed by atoms with Crippen molar-refractivity contribution in [1.29, 1.82) is 0 Å². The van der Waals surface area contributed by atoms with Gasteiger partial charge >= 0.3 is 0 Å². The Morgan fingerprint density at radius 2 is 1.84 bits per heavy atom. The molecule has 0 unspecified atom stereocenters. The second-order valence-electron chi connectivity index (χ2n) is 6.21. The lowest BCUT2D eigenvalue weighted by Gasteiger charge is -2.21. The van der Waals surface area contributed by atoms with Gasteiger partial charge in [0.15, 0.2) is 5.78 Å². The third-order valence-electron chi connectivity index (χ3n) is 5.30. The van der Waals surface area contributed by atoms with Gasteiger partial charge in [-0.05, 0) is 47.3 Å². The van der Waals surface area contributed by atoms with Crippen molar-refractivity contribution in [2.45, 2.75) is 13.3 Å². The van der Waals surface area contributed by atoms with Crippen molar-refractivity contribution in [1.82, 2.24) is 0 Å². The first kappa shape index (κ1) is 11.2. The molecular weight excluding hydrogens is 232 g/mol. The summed E-state index contributed by atoms with van der Waals surface area (Å²) in [5.41, 5.74) is 2.21. The second-order valence-corrected chi connectivity index (χ2v) is 6.21. The van der Waals surface area contributed by atoms with Gasteiger partial charge in [-0.1, -0.05) is 49.4 Å². The van der Waals surface area contributed by atoms with Gasteiger partial charge in [-0.25, -0.2) is 0 Å². The normalized spacial score (nSPS) is 41.2. The molecule has 19 heavy (non-hydrogen) atoms. The van der Waals surface area contributed by atoms with E-state index in [1.165, 1.54) is 6.42 Å². The lowest BCUT2D eigenvalue weighted by molar-refractivity contribution is -0.118. The minimum absolute atomic E-state index is 0.278.